The second kappa shape index (κ2) is 6.89. The van der Waals surface area contributed by atoms with Gasteiger partial charge in [-0.3, -0.25) is 14.9 Å². The van der Waals surface area contributed by atoms with Crippen molar-refractivity contribution in [2.75, 3.05) is 26.2 Å². The van der Waals surface area contributed by atoms with Crippen LogP contribution in [0, 0.1) is 22.0 Å². The molecule has 0 aliphatic carbocycles. The fourth-order valence-electron chi connectivity index (χ4n) is 3.97. The zero-order valence-electron chi connectivity index (χ0n) is 14.4. The molecule has 0 aromatic heterocycles. The summed E-state index contributed by atoms with van der Waals surface area (Å²) < 4.78 is 0. The van der Waals surface area contributed by atoms with E-state index in [1.807, 2.05) is 4.90 Å². The highest BCUT2D eigenvalue weighted by molar-refractivity contribution is 5.79. The molecule has 2 saturated heterocycles. The third-order valence-electron chi connectivity index (χ3n) is 5.19. The molecule has 2 atom stereocenters. The molecular formula is C18H25N3O3. The summed E-state index contributed by atoms with van der Waals surface area (Å²) in [6.07, 6.45) is 1.55. The van der Waals surface area contributed by atoms with E-state index in [0.717, 1.165) is 31.7 Å². The Morgan fingerprint density at radius 1 is 1.17 bits per heavy atom. The molecule has 1 aromatic carbocycles. The van der Waals surface area contributed by atoms with Gasteiger partial charge in [-0.25, -0.2) is 0 Å². The van der Waals surface area contributed by atoms with E-state index < -0.39 is 4.92 Å². The largest absolute Gasteiger partial charge is 0.342 e. The van der Waals surface area contributed by atoms with E-state index in [1.54, 1.807) is 12.1 Å². The van der Waals surface area contributed by atoms with Crippen LogP contribution in [0.1, 0.15) is 25.8 Å². The highest BCUT2D eigenvalue weighted by Crippen LogP contribution is 2.30. The first kappa shape index (κ1) is 16.9. The number of nitro benzene ring substituents is 1. The van der Waals surface area contributed by atoms with Gasteiger partial charge in [0.2, 0.25) is 5.91 Å². The van der Waals surface area contributed by atoms with Crippen LogP contribution < -0.4 is 0 Å². The van der Waals surface area contributed by atoms with Gasteiger partial charge >= 0.3 is 0 Å². The summed E-state index contributed by atoms with van der Waals surface area (Å²) in [5.74, 6) is 1.28. The minimum Gasteiger partial charge on any atom is -0.342 e. The Balaban J connectivity index is 1.59. The van der Waals surface area contributed by atoms with Gasteiger partial charge in [-0.05, 0) is 37.7 Å². The number of nitrogens with zero attached hydrogens (tertiary/aromatic N) is 3. The molecule has 2 bridgehead atoms. The van der Waals surface area contributed by atoms with Crippen LogP contribution in [-0.2, 0) is 11.2 Å². The molecule has 1 amide bonds. The number of hydrogen-bond donors (Lipinski definition) is 0. The summed E-state index contributed by atoms with van der Waals surface area (Å²) in [7, 11) is 0. The summed E-state index contributed by atoms with van der Waals surface area (Å²) >= 11 is 0. The maximum Gasteiger partial charge on any atom is 0.269 e. The van der Waals surface area contributed by atoms with Crippen molar-refractivity contribution in [3.63, 3.8) is 0 Å². The monoisotopic (exact) mass is 331 g/mol. The molecule has 2 fully saturated rings. The second-order valence-electron chi connectivity index (χ2n) is 7.41. The number of fused-ring (bicyclic) bond motifs is 2. The predicted molar refractivity (Wildman–Crippen MR) is 91.7 cm³/mol. The molecule has 2 unspecified atom stereocenters. The maximum atomic E-state index is 12.6. The fourth-order valence-corrected chi connectivity index (χ4v) is 3.97. The van der Waals surface area contributed by atoms with Gasteiger partial charge in [-0.2, -0.15) is 0 Å². The van der Waals surface area contributed by atoms with Crippen molar-refractivity contribution >= 4 is 11.6 Å². The van der Waals surface area contributed by atoms with Gasteiger partial charge in [0.15, 0.2) is 0 Å². The number of piperidine rings is 2. The molecule has 2 aliphatic rings. The average molecular weight is 331 g/mol. The Bertz CT molecular complexity index is 600. The zero-order chi connectivity index (χ0) is 17.3. The summed E-state index contributed by atoms with van der Waals surface area (Å²) in [6.45, 7) is 8.30. The maximum absolute atomic E-state index is 12.6. The number of carbonyl (C=O) groups is 1. The summed E-state index contributed by atoms with van der Waals surface area (Å²) in [5, 5.41) is 10.7. The molecule has 3 rings (SSSR count). The Hall–Kier alpha value is -1.95. The lowest BCUT2D eigenvalue weighted by Gasteiger charge is -2.47. The Morgan fingerprint density at radius 3 is 2.25 bits per heavy atom. The van der Waals surface area contributed by atoms with Crippen molar-refractivity contribution in [3.05, 3.63) is 39.9 Å². The van der Waals surface area contributed by atoms with Crippen LogP contribution in [0.15, 0.2) is 24.3 Å². The predicted octanol–water partition coefficient (Wildman–Crippen LogP) is 2.33. The second-order valence-corrected chi connectivity index (χ2v) is 7.41. The van der Waals surface area contributed by atoms with Crippen molar-refractivity contribution in [2.24, 2.45) is 11.8 Å². The molecular weight excluding hydrogens is 306 g/mol. The van der Waals surface area contributed by atoms with Crippen LogP contribution in [0.2, 0.25) is 0 Å². The Morgan fingerprint density at radius 2 is 1.75 bits per heavy atom. The standard InChI is InChI=1S/C18H25N3O3/c1-13(2)19-9-15-7-16(10-19)12-20(11-15)18(22)8-14-3-5-17(6-4-14)21(23)24/h3-6,13,15-16H,7-12H2,1-2H3. The molecule has 6 heteroatoms. The SMILES string of the molecule is CC(C)N1CC2CC(CN(C(=O)Cc3ccc([N+](=O)[O-])cc3)C2)C1. The highest BCUT2D eigenvalue weighted by atomic mass is 16.6. The van der Waals surface area contributed by atoms with E-state index in [-0.39, 0.29) is 11.6 Å². The lowest BCUT2D eigenvalue weighted by atomic mass is 9.84. The first-order valence-corrected chi connectivity index (χ1v) is 8.67. The molecule has 2 heterocycles. The molecule has 0 spiro atoms. The van der Waals surface area contributed by atoms with Gasteiger partial charge in [-0.1, -0.05) is 12.1 Å². The number of nitro groups is 1. The number of likely N-dealkylation sites (tertiary alicyclic amines) is 2. The smallest absolute Gasteiger partial charge is 0.269 e. The molecule has 0 N–H and O–H groups in total. The van der Waals surface area contributed by atoms with E-state index >= 15 is 0 Å². The molecule has 0 saturated carbocycles. The zero-order valence-corrected chi connectivity index (χ0v) is 14.4. The average Bonchev–Trinajstić information content (AvgIpc) is 2.54. The van der Waals surface area contributed by atoms with Gasteiger partial charge < -0.3 is 9.80 Å². The Labute approximate surface area is 142 Å². The van der Waals surface area contributed by atoms with Gasteiger partial charge in [0.25, 0.3) is 5.69 Å². The third kappa shape index (κ3) is 3.75. The lowest BCUT2D eigenvalue weighted by Crippen LogP contribution is -2.55. The first-order chi connectivity index (χ1) is 11.4. The van der Waals surface area contributed by atoms with E-state index in [0.29, 0.717) is 24.3 Å². The fraction of sp³-hybridized carbons (Fsp3) is 0.611. The van der Waals surface area contributed by atoms with Crippen molar-refractivity contribution in [1.82, 2.24) is 9.80 Å². The van der Waals surface area contributed by atoms with Crippen LogP contribution in [0.4, 0.5) is 5.69 Å². The summed E-state index contributed by atoms with van der Waals surface area (Å²) in [5.41, 5.74) is 0.901. The number of non-ortho nitro benzene ring substituents is 1. The summed E-state index contributed by atoms with van der Waals surface area (Å²) in [6, 6.07) is 6.86. The van der Waals surface area contributed by atoms with Crippen molar-refractivity contribution in [2.45, 2.75) is 32.7 Å². The minimum absolute atomic E-state index is 0.0625. The normalized spacial score (nSPS) is 24.2. The molecule has 1 aromatic rings. The molecule has 2 aliphatic heterocycles. The highest BCUT2D eigenvalue weighted by Gasteiger charge is 2.36. The van der Waals surface area contributed by atoms with E-state index in [2.05, 4.69) is 18.7 Å². The summed E-state index contributed by atoms with van der Waals surface area (Å²) in [4.78, 5) is 27.4. The molecule has 6 nitrogen and oxygen atoms in total. The molecule has 0 radical (unpaired) electrons. The lowest BCUT2D eigenvalue weighted by molar-refractivity contribution is -0.384. The van der Waals surface area contributed by atoms with Gasteiger partial charge in [-0.15, -0.1) is 0 Å². The van der Waals surface area contributed by atoms with Crippen LogP contribution in [0.25, 0.3) is 0 Å². The van der Waals surface area contributed by atoms with Gasteiger partial charge in [0, 0.05) is 44.4 Å². The van der Waals surface area contributed by atoms with Crippen LogP contribution in [0.5, 0.6) is 0 Å². The number of amides is 1. The molecule has 130 valence electrons. The van der Waals surface area contributed by atoms with Crippen LogP contribution >= 0.6 is 0 Å². The van der Waals surface area contributed by atoms with E-state index in [1.165, 1.54) is 18.6 Å². The topological polar surface area (TPSA) is 66.7 Å². The quantitative estimate of drug-likeness (QED) is 0.627. The van der Waals surface area contributed by atoms with Gasteiger partial charge in [0.1, 0.15) is 0 Å². The Kier molecular flexibility index (Phi) is 4.85. The van der Waals surface area contributed by atoms with Crippen molar-refractivity contribution < 1.29 is 9.72 Å². The minimum atomic E-state index is -0.419. The van der Waals surface area contributed by atoms with E-state index in [9.17, 15) is 14.9 Å². The third-order valence-corrected chi connectivity index (χ3v) is 5.19. The van der Waals surface area contributed by atoms with Crippen LogP contribution in [0.3, 0.4) is 0 Å². The first-order valence-electron chi connectivity index (χ1n) is 8.67. The van der Waals surface area contributed by atoms with Crippen molar-refractivity contribution in [3.8, 4) is 0 Å². The number of benzene rings is 1. The molecule has 24 heavy (non-hydrogen) atoms. The number of rotatable bonds is 4. The number of carbonyl (C=O) groups excluding carboxylic acids is 1. The van der Waals surface area contributed by atoms with Crippen LogP contribution in [-0.4, -0.2) is 52.9 Å². The number of hydrogen-bond acceptors (Lipinski definition) is 4. The van der Waals surface area contributed by atoms with Crippen molar-refractivity contribution in [1.29, 1.82) is 0 Å². The van der Waals surface area contributed by atoms with E-state index in [4.69, 9.17) is 0 Å². The van der Waals surface area contributed by atoms with Gasteiger partial charge in [0.05, 0.1) is 11.3 Å².